The molecule has 0 aromatic rings. The maximum atomic E-state index is 13.0. The summed E-state index contributed by atoms with van der Waals surface area (Å²) < 4.78 is 0. The molecule has 1 saturated heterocycles. The van der Waals surface area contributed by atoms with Gasteiger partial charge < -0.3 is 10.2 Å². The number of hydrogen-bond donors (Lipinski definition) is 1. The second kappa shape index (κ2) is 4.22. The summed E-state index contributed by atoms with van der Waals surface area (Å²) in [6.45, 7) is 4.91. The highest BCUT2D eigenvalue weighted by Crippen LogP contribution is 2.45. The zero-order chi connectivity index (χ0) is 13.7. The van der Waals surface area contributed by atoms with Gasteiger partial charge in [0.2, 0.25) is 11.8 Å². The van der Waals surface area contributed by atoms with Gasteiger partial charge in [0.1, 0.15) is 5.54 Å². The summed E-state index contributed by atoms with van der Waals surface area (Å²) in [5.74, 6) is 0.834. The van der Waals surface area contributed by atoms with Crippen molar-refractivity contribution in [2.24, 2.45) is 5.92 Å². The molecule has 1 N–H and O–H groups in total. The minimum Gasteiger partial charge on any atom is -0.342 e. The van der Waals surface area contributed by atoms with E-state index >= 15 is 0 Å². The van der Waals surface area contributed by atoms with Crippen LogP contribution in [0.1, 0.15) is 58.8 Å². The maximum Gasteiger partial charge on any atom is 0.248 e. The van der Waals surface area contributed by atoms with Gasteiger partial charge in [-0.2, -0.15) is 0 Å². The zero-order valence-corrected chi connectivity index (χ0v) is 12.0. The standard InChI is InChI=1S/C15H24N2O2/c1-14(2,11-5-6-11)17-10-7-12(18)16-15(13(17)19)8-3-4-9-15/h11H,3-10H2,1-2H3,(H,16,18). The van der Waals surface area contributed by atoms with Crippen LogP contribution < -0.4 is 5.32 Å². The summed E-state index contributed by atoms with van der Waals surface area (Å²) in [5.41, 5.74) is -0.682. The van der Waals surface area contributed by atoms with Crippen molar-refractivity contribution in [3.63, 3.8) is 0 Å². The largest absolute Gasteiger partial charge is 0.342 e. The van der Waals surface area contributed by atoms with Gasteiger partial charge in [-0.15, -0.1) is 0 Å². The Morgan fingerprint density at radius 3 is 2.42 bits per heavy atom. The second-order valence-electron chi connectivity index (χ2n) is 6.97. The number of amides is 2. The molecule has 2 aliphatic carbocycles. The van der Waals surface area contributed by atoms with Crippen LogP contribution in [-0.4, -0.2) is 34.3 Å². The van der Waals surface area contributed by atoms with E-state index in [0.29, 0.717) is 18.9 Å². The lowest BCUT2D eigenvalue weighted by Crippen LogP contribution is -2.60. The summed E-state index contributed by atoms with van der Waals surface area (Å²) in [5, 5.41) is 3.04. The van der Waals surface area contributed by atoms with Gasteiger partial charge in [0.05, 0.1) is 0 Å². The first-order valence-electron chi connectivity index (χ1n) is 7.59. The number of hydrogen-bond acceptors (Lipinski definition) is 2. The van der Waals surface area contributed by atoms with Crippen molar-refractivity contribution in [3.05, 3.63) is 0 Å². The van der Waals surface area contributed by atoms with Crippen molar-refractivity contribution in [1.29, 1.82) is 0 Å². The molecule has 1 spiro atoms. The topological polar surface area (TPSA) is 49.4 Å². The molecular weight excluding hydrogens is 240 g/mol. The van der Waals surface area contributed by atoms with E-state index in [2.05, 4.69) is 19.2 Å². The van der Waals surface area contributed by atoms with Gasteiger partial charge in [-0.25, -0.2) is 0 Å². The monoisotopic (exact) mass is 264 g/mol. The lowest BCUT2D eigenvalue weighted by atomic mass is 9.90. The average molecular weight is 264 g/mol. The molecule has 0 atom stereocenters. The van der Waals surface area contributed by atoms with Crippen molar-refractivity contribution < 1.29 is 9.59 Å². The third kappa shape index (κ3) is 2.05. The highest BCUT2D eigenvalue weighted by Gasteiger charge is 2.52. The quantitative estimate of drug-likeness (QED) is 0.827. The minimum absolute atomic E-state index is 0.0457. The Bertz CT molecular complexity index is 406. The number of nitrogens with zero attached hydrogens (tertiary/aromatic N) is 1. The zero-order valence-electron chi connectivity index (χ0n) is 12.0. The molecule has 19 heavy (non-hydrogen) atoms. The molecule has 1 aliphatic heterocycles. The van der Waals surface area contributed by atoms with Gasteiger partial charge >= 0.3 is 0 Å². The van der Waals surface area contributed by atoms with E-state index in [1.807, 2.05) is 4.90 Å². The maximum absolute atomic E-state index is 13.0. The van der Waals surface area contributed by atoms with E-state index in [0.717, 1.165) is 25.7 Å². The molecule has 0 radical (unpaired) electrons. The molecular formula is C15H24N2O2. The van der Waals surface area contributed by atoms with Crippen molar-refractivity contribution >= 4 is 11.8 Å². The van der Waals surface area contributed by atoms with E-state index in [1.54, 1.807) is 0 Å². The Kier molecular flexibility index (Phi) is 2.88. The van der Waals surface area contributed by atoms with Crippen LogP contribution in [-0.2, 0) is 9.59 Å². The molecule has 3 fully saturated rings. The van der Waals surface area contributed by atoms with E-state index in [1.165, 1.54) is 12.8 Å². The Morgan fingerprint density at radius 1 is 1.21 bits per heavy atom. The smallest absolute Gasteiger partial charge is 0.248 e. The fraction of sp³-hybridized carbons (Fsp3) is 0.867. The minimum atomic E-state index is -0.584. The van der Waals surface area contributed by atoms with Crippen LogP contribution in [0.3, 0.4) is 0 Å². The molecule has 4 nitrogen and oxygen atoms in total. The number of carbonyl (C=O) groups is 2. The Hall–Kier alpha value is -1.06. The van der Waals surface area contributed by atoms with Crippen LogP contribution >= 0.6 is 0 Å². The van der Waals surface area contributed by atoms with Gasteiger partial charge in [0, 0.05) is 18.5 Å². The fourth-order valence-corrected chi connectivity index (χ4v) is 3.83. The third-order valence-corrected chi connectivity index (χ3v) is 5.32. The predicted octanol–water partition coefficient (Wildman–Crippen LogP) is 1.84. The Balaban J connectivity index is 1.91. The fourth-order valence-electron chi connectivity index (χ4n) is 3.83. The van der Waals surface area contributed by atoms with Gasteiger partial charge in [0.25, 0.3) is 0 Å². The normalized spacial score (nSPS) is 27.6. The first kappa shape index (κ1) is 12.9. The predicted molar refractivity (Wildman–Crippen MR) is 72.5 cm³/mol. The summed E-state index contributed by atoms with van der Waals surface area (Å²) in [6, 6.07) is 0. The Morgan fingerprint density at radius 2 is 1.84 bits per heavy atom. The highest BCUT2D eigenvalue weighted by atomic mass is 16.2. The molecule has 0 aromatic carbocycles. The molecule has 3 rings (SSSR count). The average Bonchev–Trinajstić information content (AvgIpc) is 3.11. The van der Waals surface area contributed by atoms with Gasteiger partial charge in [0.15, 0.2) is 0 Å². The van der Waals surface area contributed by atoms with Crippen molar-refractivity contribution in [2.75, 3.05) is 6.54 Å². The molecule has 0 aromatic heterocycles. The first-order valence-corrected chi connectivity index (χ1v) is 7.59. The van der Waals surface area contributed by atoms with Gasteiger partial charge in [-0.05, 0) is 45.4 Å². The van der Waals surface area contributed by atoms with E-state index in [-0.39, 0.29) is 17.4 Å². The lowest BCUT2D eigenvalue weighted by molar-refractivity contribution is -0.144. The van der Waals surface area contributed by atoms with Crippen LogP contribution in [0.15, 0.2) is 0 Å². The summed E-state index contributed by atoms with van der Waals surface area (Å²) in [6.07, 6.45) is 6.59. The van der Waals surface area contributed by atoms with E-state index in [9.17, 15) is 9.59 Å². The third-order valence-electron chi connectivity index (χ3n) is 5.32. The van der Waals surface area contributed by atoms with Crippen molar-refractivity contribution in [2.45, 2.75) is 69.9 Å². The summed E-state index contributed by atoms with van der Waals surface area (Å²) in [7, 11) is 0. The molecule has 1 heterocycles. The molecule has 0 unspecified atom stereocenters. The van der Waals surface area contributed by atoms with E-state index in [4.69, 9.17) is 0 Å². The second-order valence-corrected chi connectivity index (χ2v) is 6.97. The highest BCUT2D eigenvalue weighted by molar-refractivity contribution is 5.94. The summed E-state index contributed by atoms with van der Waals surface area (Å²) >= 11 is 0. The Labute approximate surface area is 114 Å². The molecule has 0 bridgehead atoms. The number of rotatable bonds is 2. The van der Waals surface area contributed by atoms with Gasteiger partial charge in [-0.3, -0.25) is 9.59 Å². The summed E-state index contributed by atoms with van der Waals surface area (Å²) in [4.78, 5) is 27.0. The van der Waals surface area contributed by atoms with Crippen molar-refractivity contribution in [3.8, 4) is 0 Å². The van der Waals surface area contributed by atoms with Crippen LogP contribution in [0.4, 0.5) is 0 Å². The van der Waals surface area contributed by atoms with Crippen molar-refractivity contribution in [1.82, 2.24) is 10.2 Å². The first-order chi connectivity index (χ1) is 8.96. The molecule has 106 valence electrons. The SMILES string of the molecule is CC(C)(C1CC1)N1CCC(=O)NC2(CCCC2)C1=O. The molecule has 3 aliphatic rings. The molecule has 2 saturated carbocycles. The molecule has 2 amide bonds. The molecule has 4 heteroatoms. The van der Waals surface area contributed by atoms with Crippen LogP contribution in [0, 0.1) is 5.92 Å². The van der Waals surface area contributed by atoms with Crippen LogP contribution in [0.25, 0.3) is 0 Å². The van der Waals surface area contributed by atoms with Gasteiger partial charge in [-0.1, -0.05) is 12.8 Å². The number of carbonyl (C=O) groups excluding carboxylic acids is 2. The van der Waals surface area contributed by atoms with Crippen LogP contribution in [0.5, 0.6) is 0 Å². The van der Waals surface area contributed by atoms with E-state index < -0.39 is 5.54 Å². The lowest BCUT2D eigenvalue weighted by Gasteiger charge is -2.42. The number of nitrogens with one attached hydrogen (secondary N) is 1. The van der Waals surface area contributed by atoms with Crippen LogP contribution in [0.2, 0.25) is 0 Å².